The molecule has 0 bridgehead atoms. The lowest BCUT2D eigenvalue weighted by atomic mass is 9.96. The van der Waals surface area contributed by atoms with Gasteiger partial charge in [-0.3, -0.25) is 5.01 Å². The van der Waals surface area contributed by atoms with Crippen LogP contribution in [0.4, 0.5) is 11.4 Å². The van der Waals surface area contributed by atoms with Gasteiger partial charge in [0.05, 0.1) is 28.7 Å². The Morgan fingerprint density at radius 2 is 1.88 bits per heavy atom. The molecule has 0 radical (unpaired) electrons. The Morgan fingerprint density at radius 3 is 2.65 bits per heavy atom. The van der Waals surface area contributed by atoms with Crippen LogP contribution in [0.5, 0.6) is 0 Å². The zero-order chi connectivity index (χ0) is 18.3. The molecule has 0 aromatic heterocycles. The van der Waals surface area contributed by atoms with Crippen molar-refractivity contribution in [1.29, 1.82) is 0 Å². The van der Waals surface area contributed by atoms with E-state index in [-0.39, 0.29) is 0 Å². The first-order valence-electron chi connectivity index (χ1n) is 8.86. The van der Waals surface area contributed by atoms with E-state index in [4.69, 9.17) is 16.7 Å². The molecule has 2 heterocycles. The Morgan fingerprint density at radius 1 is 1.08 bits per heavy atom. The lowest BCUT2D eigenvalue weighted by Gasteiger charge is -2.30. The number of benzene rings is 2. The Hall–Kier alpha value is -2.46. The number of rotatable bonds is 3. The molecule has 2 aromatic carbocycles. The highest BCUT2D eigenvalue weighted by Gasteiger charge is 2.31. The summed E-state index contributed by atoms with van der Waals surface area (Å²) in [4.78, 5) is 4.48. The minimum atomic E-state index is 0.737. The van der Waals surface area contributed by atoms with Gasteiger partial charge in [-0.15, -0.1) is 0 Å². The van der Waals surface area contributed by atoms with Gasteiger partial charge in [0.15, 0.2) is 0 Å². The second-order valence-electron chi connectivity index (χ2n) is 7.00. The summed E-state index contributed by atoms with van der Waals surface area (Å²) in [6.45, 7) is 1.73. The Balaban J connectivity index is 1.77. The number of nitrogens with zero attached hydrogens (tertiary/aromatic N) is 4. The van der Waals surface area contributed by atoms with Gasteiger partial charge in [-0.05, 0) is 24.3 Å². The molecular weight excluding hydrogens is 344 g/mol. The van der Waals surface area contributed by atoms with Crippen molar-refractivity contribution < 1.29 is 0 Å². The van der Waals surface area contributed by atoms with Gasteiger partial charge in [0.1, 0.15) is 0 Å². The van der Waals surface area contributed by atoms with Crippen molar-refractivity contribution in [2.75, 3.05) is 44.1 Å². The summed E-state index contributed by atoms with van der Waals surface area (Å²) in [5.41, 5.74) is 7.15. The van der Waals surface area contributed by atoms with Crippen LogP contribution >= 0.6 is 11.6 Å². The number of para-hydroxylation sites is 1. The quantitative estimate of drug-likeness (QED) is 0.807. The van der Waals surface area contributed by atoms with Crippen LogP contribution in [-0.4, -0.2) is 44.8 Å². The number of halogens is 1. The van der Waals surface area contributed by atoms with Crippen molar-refractivity contribution >= 4 is 34.4 Å². The van der Waals surface area contributed by atoms with Gasteiger partial charge in [0.2, 0.25) is 0 Å². The van der Waals surface area contributed by atoms with Crippen LogP contribution in [0, 0.1) is 0 Å². The average molecular weight is 367 g/mol. The van der Waals surface area contributed by atoms with Gasteiger partial charge in [0.25, 0.3) is 0 Å². The smallest absolute Gasteiger partial charge is 0.0784 e. The van der Waals surface area contributed by atoms with Crippen LogP contribution in [0.1, 0.15) is 12.0 Å². The summed E-state index contributed by atoms with van der Waals surface area (Å²) in [6.07, 6.45) is 0.962. The molecule has 0 fully saturated rings. The molecule has 4 rings (SSSR count). The molecule has 0 unspecified atom stereocenters. The van der Waals surface area contributed by atoms with Gasteiger partial charge in [0, 0.05) is 50.9 Å². The van der Waals surface area contributed by atoms with E-state index >= 15 is 0 Å². The minimum Gasteiger partial charge on any atom is -0.378 e. The molecule has 4 nitrogen and oxygen atoms in total. The summed E-state index contributed by atoms with van der Waals surface area (Å²) in [5.74, 6) is 0. The van der Waals surface area contributed by atoms with E-state index in [1.807, 2.05) is 29.3 Å². The van der Waals surface area contributed by atoms with Crippen molar-refractivity contribution in [1.82, 2.24) is 4.90 Å². The summed E-state index contributed by atoms with van der Waals surface area (Å²) >= 11 is 6.40. The molecule has 2 aromatic rings. The highest BCUT2D eigenvalue weighted by atomic mass is 35.5. The van der Waals surface area contributed by atoms with Gasteiger partial charge in [-0.1, -0.05) is 35.9 Å². The molecular formula is C21H23ClN4. The maximum Gasteiger partial charge on any atom is 0.0784 e. The lowest BCUT2D eigenvalue weighted by molar-refractivity contribution is 0.485. The Bertz CT molecular complexity index is 900. The van der Waals surface area contributed by atoms with E-state index in [0.29, 0.717) is 0 Å². The standard InChI is InChI=1S/C21H23ClN4/c1-24(2)16-8-6-7-15(13-16)21-17-14-26(20-10-5-4-9-18(20)22)23-19(17)11-12-25(21)3/h4-10,13H,11-12,14H2,1-3H3. The third kappa shape index (κ3) is 2.95. The van der Waals surface area contributed by atoms with E-state index in [9.17, 15) is 0 Å². The van der Waals surface area contributed by atoms with Crippen LogP contribution in [0.15, 0.2) is 59.2 Å². The molecule has 0 saturated carbocycles. The van der Waals surface area contributed by atoms with Crippen molar-refractivity contribution in [3.05, 3.63) is 64.7 Å². The maximum atomic E-state index is 6.40. The topological polar surface area (TPSA) is 22.1 Å². The van der Waals surface area contributed by atoms with E-state index in [0.717, 1.165) is 30.2 Å². The van der Waals surface area contributed by atoms with Crippen molar-refractivity contribution in [2.24, 2.45) is 5.10 Å². The normalized spacial score (nSPS) is 16.7. The van der Waals surface area contributed by atoms with Gasteiger partial charge in [-0.25, -0.2) is 0 Å². The highest BCUT2D eigenvalue weighted by Crippen LogP contribution is 2.36. The fourth-order valence-corrected chi connectivity index (χ4v) is 3.87. The fourth-order valence-electron chi connectivity index (χ4n) is 3.64. The van der Waals surface area contributed by atoms with Crippen molar-refractivity contribution in [3.8, 4) is 0 Å². The molecule has 0 spiro atoms. The zero-order valence-corrected chi connectivity index (χ0v) is 16.2. The second-order valence-corrected chi connectivity index (χ2v) is 7.41. The average Bonchev–Trinajstić information content (AvgIpc) is 3.06. The molecule has 0 saturated heterocycles. The predicted octanol–water partition coefficient (Wildman–Crippen LogP) is 4.33. The fraction of sp³-hybridized carbons (Fsp3) is 0.286. The second kappa shape index (κ2) is 6.69. The minimum absolute atomic E-state index is 0.737. The zero-order valence-electron chi connectivity index (χ0n) is 15.4. The highest BCUT2D eigenvalue weighted by molar-refractivity contribution is 6.33. The number of hydrazone groups is 1. The molecule has 0 aliphatic carbocycles. The number of fused-ring (bicyclic) bond motifs is 1. The molecule has 0 amide bonds. The van der Waals surface area contributed by atoms with Crippen LogP contribution < -0.4 is 9.91 Å². The molecule has 0 N–H and O–H groups in total. The summed E-state index contributed by atoms with van der Waals surface area (Å²) in [6, 6.07) is 16.6. The summed E-state index contributed by atoms with van der Waals surface area (Å²) in [7, 11) is 6.31. The third-order valence-corrected chi connectivity index (χ3v) is 5.34. The molecule has 2 aliphatic heterocycles. The van der Waals surface area contributed by atoms with Gasteiger partial charge in [-0.2, -0.15) is 5.10 Å². The number of hydrogen-bond donors (Lipinski definition) is 0. The van der Waals surface area contributed by atoms with Crippen molar-refractivity contribution in [3.63, 3.8) is 0 Å². The third-order valence-electron chi connectivity index (χ3n) is 5.02. The first-order valence-corrected chi connectivity index (χ1v) is 9.24. The molecule has 26 heavy (non-hydrogen) atoms. The van der Waals surface area contributed by atoms with Crippen LogP contribution in [0.3, 0.4) is 0 Å². The summed E-state index contributed by atoms with van der Waals surface area (Å²) in [5, 5.41) is 7.65. The maximum absolute atomic E-state index is 6.40. The first-order chi connectivity index (χ1) is 12.5. The van der Waals surface area contributed by atoms with Crippen LogP contribution in [0.25, 0.3) is 5.70 Å². The van der Waals surface area contributed by atoms with Crippen molar-refractivity contribution in [2.45, 2.75) is 6.42 Å². The summed E-state index contributed by atoms with van der Waals surface area (Å²) < 4.78 is 0. The lowest BCUT2D eigenvalue weighted by Crippen LogP contribution is -2.29. The Labute approximate surface area is 160 Å². The van der Waals surface area contributed by atoms with E-state index < -0.39 is 0 Å². The number of hydrogen-bond acceptors (Lipinski definition) is 4. The van der Waals surface area contributed by atoms with E-state index in [2.05, 4.69) is 55.2 Å². The molecule has 134 valence electrons. The van der Waals surface area contributed by atoms with E-state index in [1.165, 1.54) is 28.2 Å². The number of anilines is 2. The largest absolute Gasteiger partial charge is 0.378 e. The monoisotopic (exact) mass is 366 g/mol. The van der Waals surface area contributed by atoms with Gasteiger partial charge < -0.3 is 9.80 Å². The van der Waals surface area contributed by atoms with Crippen LogP contribution in [-0.2, 0) is 0 Å². The predicted molar refractivity (Wildman–Crippen MR) is 111 cm³/mol. The molecule has 5 heteroatoms. The molecule has 2 aliphatic rings. The SMILES string of the molecule is CN1CCC2=NN(c3ccccc3Cl)CC2=C1c1cccc(N(C)C)c1. The molecule has 0 atom stereocenters. The first kappa shape index (κ1) is 17.0. The van der Waals surface area contributed by atoms with Crippen LogP contribution in [0.2, 0.25) is 5.02 Å². The Kier molecular flexibility index (Phi) is 4.37. The van der Waals surface area contributed by atoms with E-state index in [1.54, 1.807) is 0 Å². The van der Waals surface area contributed by atoms with Gasteiger partial charge >= 0.3 is 0 Å².